The highest BCUT2D eigenvalue weighted by Gasteiger charge is 2.19. The van der Waals surface area contributed by atoms with Gasteiger partial charge >= 0.3 is 0 Å². The molecule has 1 N–H and O–H groups in total. The zero-order valence-corrected chi connectivity index (χ0v) is 15.8. The number of nitrogens with one attached hydrogen (secondary N) is 1. The number of aryl methyl sites for hydroxylation is 1. The molecule has 0 spiro atoms. The maximum Gasteiger partial charge on any atom is 0.261 e. The van der Waals surface area contributed by atoms with Crippen molar-refractivity contribution in [2.75, 3.05) is 10.2 Å². The number of aromatic nitrogens is 3. The maximum absolute atomic E-state index is 13.2. The fraction of sp³-hybridized carbons (Fsp3) is 0.0909. The molecule has 144 valence electrons. The Morgan fingerprint density at radius 3 is 2.28 bits per heavy atom. The summed E-state index contributed by atoms with van der Waals surface area (Å²) in [5, 5.41) is 6.78. The maximum atomic E-state index is 13.2. The van der Waals surface area contributed by atoms with Gasteiger partial charge in [-0.25, -0.2) is 9.97 Å². The summed E-state index contributed by atoms with van der Waals surface area (Å²) >= 11 is 0. The summed E-state index contributed by atoms with van der Waals surface area (Å²) in [6.07, 6.45) is 3.01. The molecule has 2 aromatic heterocycles. The number of nitrogens with zero attached hydrogens (tertiary/aromatic N) is 4. The summed E-state index contributed by atoms with van der Waals surface area (Å²) in [5.74, 6) is 1.35. The molecule has 0 aliphatic heterocycles. The van der Waals surface area contributed by atoms with Crippen LogP contribution in [0.3, 0.4) is 0 Å². The van der Waals surface area contributed by atoms with Crippen molar-refractivity contribution in [3.8, 4) is 0 Å². The molecule has 2 heterocycles. The molecule has 0 bridgehead atoms. The minimum absolute atomic E-state index is 0.177. The van der Waals surface area contributed by atoms with Gasteiger partial charge in [0, 0.05) is 24.1 Å². The van der Waals surface area contributed by atoms with E-state index in [4.69, 9.17) is 4.52 Å². The molecule has 4 rings (SSSR count). The Hall–Kier alpha value is -4.00. The van der Waals surface area contributed by atoms with E-state index in [1.165, 1.54) is 12.4 Å². The Bertz CT molecular complexity index is 1080. The standard InChI is InChI=1S/C22H19N5O2/c1-16-12-20(26-29-16)25-22-23-13-18(14-24-22)21(28)27(19-10-6-3-7-11-19)15-17-8-4-2-5-9-17/h2-14H,15H2,1H3,(H,23,24,25,26). The first-order valence-corrected chi connectivity index (χ1v) is 9.12. The third kappa shape index (κ3) is 4.47. The van der Waals surface area contributed by atoms with Crippen LogP contribution >= 0.6 is 0 Å². The molecule has 4 aromatic rings. The van der Waals surface area contributed by atoms with Gasteiger partial charge in [-0.2, -0.15) is 0 Å². The van der Waals surface area contributed by atoms with Crippen LogP contribution in [0.1, 0.15) is 21.7 Å². The Morgan fingerprint density at radius 2 is 1.66 bits per heavy atom. The summed E-state index contributed by atoms with van der Waals surface area (Å²) in [6.45, 7) is 2.24. The molecule has 0 aliphatic carbocycles. The highest BCUT2D eigenvalue weighted by molar-refractivity contribution is 6.05. The van der Waals surface area contributed by atoms with Crippen LogP contribution in [-0.4, -0.2) is 21.0 Å². The molecule has 0 atom stereocenters. The lowest BCUT2D eigenvalue weighted by molar-refractivity contribution is 0.0984. The first-order chi connectivity index (χ1) is 14.2. The van der Waals surface area contributed by atoms with E-state index in [0.29, 0.717) is 29.6 Å². The normalized spacial score (nSPS) is 10.5. The molecular weight excluding hydrogens is 366 g/mol. The second-order valence-corrected chi connectivity index (χ2v) is 6.46. The van der Waals surface area contributed by atoms with Gasteiger partial charge in [-0.1, -0.05) is 53.7 Å². The predicted molar refractivity (Wildman–Crippen MR) is 110 cm³/mol. The van der Waals surface area contributed by atoms with Crippen molar-refractivity contribution in [1.82, 2.24) is 15.1 Å². The number of rotatable bonds is 6. The SMILES string of the molecule is Cc1cc(Nc2ncc(C(=O)N(Cc3ccccc3)c3ccccc3)cn2)no1. The number of carbonyl (C=O) groups is 1. The van der Waals surface area contributed by atoms with Crippen molar-refractivity contribution >= 4 is 23.4 Å². The van der Waals surface area contributed by atoms with Crippen LogP contribution in [0.4, 0.5) is 17.5 Å². The minimum Gasteiger partial charge on any atom is -0.360 e. The van der Waals surface area contributed by atoms with Crippen LogP contribution < -0.4 is 10.2 Å². The summed E-state index contributed by atoms with van der Waals surface area (Å²) in [5.41, 5.74) is 2.23. The highest BCUT2D eigenvalue weighted by atomic mass is 16.5. The van der Waals surface area contributed by atoms with Gasteiger partial charge in [-0.05, 0) is 24.6 Å². The van der Waals surface area contributed by atoms with E-state index in [2.05, 4.69) is 20.4 Å². The fourth-order valence-corrected chi connectivity index (χ4v) is 2.85. The Balaban J connectivity index is 1.56. The molecule has 0 aliphatic rings. The Kier molecular flexibility index (Phi) is 5.29. The van der Waals surface area contributed by atoms with Gasteiger partial charge in [0.25, 0.3) is 5.91 Å². The lowest BCUT2D eigenvalue weighted by Gasteiger charge is -2.23. The van der Waals surface area contributed by atoms with Crippen molar-refractivity contribution in [1.29, 1.82) is 0 Å². The lowest BCUT2D eigenvalue weighted by Crippen LogP contribution is -2.30. The topological polar surface area (TPSA) is 84.2 Å². The summed E-state index contributed by atoms with van der Waals surface area (Å²) < 4.78 is 5.01. The number of para-hydroxylation sites is 1. The zero-order valence-electron chi connectivity index (χ0n) is 15.8. The molecular formula is C22H19N5O2. The molecule has 0 saturated heterocycles. The summed E-state index contributed by atoms with van der Waals surface area (Å²) in [4.78, 5) is 23.4. The smallest absolute Gasteiger partial charge is 0.261 e. The van der Waals surface area contributed by atoms with E-state index in [9.17, 15) is 4.79 Å². The molecule has 1 amide bonds. The molecule has 7 heteroatoms. The number of hydrogen-bond donors (Lipinski definition) is 1. The third-order valence-electron chi connectivity index (χ3n) is 4.26. The number of amides is 1. The molecule has 0 fully saturated rings. The molecule has 7 nitrogen and oxygen atoms in total. The highest BCUT2D eigenvalue weighted by Crippen LogP contribution is 2.20. The van der Waals surface area contributed by atoms with Crippen molar-refractivity contribution in [3.05, 3.63) is 96.0 Å². The Labute approximate surface area is 168 Å². The average Bonchev–Trinajstić information content (AvgIpc) is 3.18. The van der Waals surface area contributed by atoms with Crippen molar-refractivity contribution < 1.29 is 9.32 Å². The van der Waals surface area contributed by atoms with Gasteiger partial charge in [0.1, 0.15) is 5.76 Å². The number of hydrogen-bond acceptors (Lipinski definition) is 6. The number of benzene rings is 2. The summed E-state index contributed by atoms with van der Waals surface area (Å²) in [7, 11) is 0. The molecule has 0 saturated carbocycles. The van der Waals surface area contributed by atoms with E-state index in [-0.39, 0.29) is 5.91 Å². The van der Waals surface area contributed by atoms with Crippen LogP contribution in [0.25, 0.3) is 0 Å². The first kappa shape index (κ1) is 18.4. The predicted octanol–water partition coefficient (Wildman–Crippen LogP) is 4.36. The first-order valence-electron chi connectivity index (χ1n) is 9.12. The van der Waals surface area contributed by atoms with Gasteiger partial charge in [-0.3, -0.25) is 4.79 Å². The van der Waals surface area contributed by atoms with E-state index in [1.54, 1.807) is 17.9 Å². The lowest BCUT2D eigenvalue weighted by atomic mass is 10.1. The van der Waals surface area contributed by atoms with E-state index in [0.717, 1.165) is 11.3 Å². The van der Waals surface area contributed by atoms with Crippen LogP contribution in [-0.2, 0) is 6.54 Å². The van der Waals surface area contributed by atoms with Gasteiger partial charge in [0.05, 0.1) is 12.1 Å². The largest absolute Gasteiger partial charge is 0.360 e. The molecule has 0 unspecified atom stereocenters. The van der Waals surface area contributed by atoms with Crippen LogP contribution in [0.5, 0.6) is 0 Å². The molecule has 29 heavy (non-hydrogen) atoms. The number of carbonyl (C=O) groups excluding carboxylic acids is 1. The van der Waals surface area contributed by atoms with Crippen LogP contribution in [0, 0.1) is 6.92 Å². The van der Waals surface area contributed by atoms with Crippen molar-refractivity contribution in [2.24, 2.45) is 0 Å². The summed E-state index contributed by atoms with van der Waals surface area (Å²) in [6, 6.07) is 21.1. The minimum atomic E-state index is -0.177. The zero-order chi connectivity index (χ0) is 20.1. The fourth-order valence-electron chi connectivity index (χ4n) is 2.85. The van der Waals surface area contributed by atoms with Gasteiger partial charge < -0.3 is 14.7 Å². The average molecular weight is 385 g/mol. The van der Waals surface area contributed by atoms with Crippen LogP contribution in [0.15, 0.2) is 83.6 Å². The molecule has 2 aromatic carbocycles. The second-order valence-electron chi connectivity index (χ2n) is 6.46. The third-order valence-corrected chi connectivity index (χ3v) is 4.26. The monoisotopic (exact) mass is 385 g/mol. The van der Waals surface area contributed by atoms with Gasteiger partial charge in [0.15, 0.2) is 5.82 Å². The van der Waals surface area contributed by atoms with E-state index in [1.807, 2.05) is 60.7 Å². The Morgan fingerprint density at radius 1 is 1.00 bits per heavy atom. The van der Waals surface area contributed by atoms with Gasteiger partial charge in [-0.15, -0.1) is 0 Å². The van der Waals surface area contributed by atoms with Crippen molar-refractivity contribution in [2.45, 2.75) is 13.5 Å². The van der Waals surface area contributed by atoms with Gasteiger partial charge in [0.2, 0.25) is 5.95 Å². The van der Waals surface area contributed by atoms with Crippen molar-refractivity contribution in [3.63, 3.8) is 0 Å². The van der Waals surface area contributed by atoms with E-state index >= 15 is 0 Å². The van der Waals surface area contributed by atoms with Crippen LogP contribution in [0.2, 0.25) is 0 Å². The quantitative estimate of drug-likeness (QED) is 0.531. The molecule has 0 radical (unpaired) electrons. The van der Waals surface area contributed by atoms with E-state index < -0.39 is 0 Å². The number of anilines is 3. The second kappa shape index (κ2) is 8.35.